The molecule has 0 unspecified atom stereocenters. The Labute approximate surface area is 121 Å². The zero-order valence-electron chi connectivity index (χ0n) is 11.2. The van der Waals surface area contributed by atoms with E-state index < -0.39 is 15.8 Å². The third-order valence-electron chi connectivity index (χ3n) is 2.77. The van der Waals surface area contributed by atoms with Crippen molar-refractivity contribution < 1.29 is 23.1 Å². The molecule has 1 aromatic heterocycles. The van der Waals surface area contributed by atoms with Crippen molar-refractivity contribution in [1.82, 2.24) is 4.98 Å². The number of aromatic carboxylic acids is 1. The Morgan fingerprint density at radius 1 is 1.24 bits per heavy atom. The number of carboxylic acids is 1. The van der Waals surface area contributed by atoms with Crippen molar-refractivity contribution in [2.24, 2.45) is 0 Å². The Kier molecular flexibility index (Phi) is 4.23. The average molecular weight is 307 g/mol. The summed E-state index contributed by atoms with van der Waals surface area (Å²) >= 11 is 0. The molecular formula is C14H13NO5S. The van der Waals surface area contributed by atoms with Gasteiger partial charge in [-0.2, -0.15) is 0 Å². The quantitative estimate of drug-likeness (QED) is 0.904. The maximum atomic E-state index is 12.3. The molecule has 21 heavy (non-hydrogen) atoms. The molecule has 0 aliphatic heterocycles. The lowest BCUT2D eigenvalue weighted by Crippen LogP contribution is -2.08. The summed E-state index contributed by atoms with van der Waals surface area (Å²) in [7, 11) is -2.23. The maximum Gasteiger partial charge on any atom is 0.335 e. The molecule has 1 heterocycles. The second kappa shape index (κ2) is 5.92. The number of hydrogen-bond acceptors (Lipinski definition) is 5. The van der Waals surface area contributed by atoms with Gasteiger partial charge in [-0.1, -0.05) is 12.1 Å². The average Bonchev–Trinajstić information content (AvgIpc) is 2.47. The van der Waals surface area contributed by atoms with Gasteiger partial charge in [0, 0.05) is 6.07 Å². The molecule has 2 aromatic rings. The van der Waals surface area contributed by atoms with Crippen LogP contribution in [0, 0.1) is 0 Å². The van der Waals surface area contributed by atoms with Crippen LogP contribution in [0.3, 0.4) is 0 Å². The number of benzene rings is 1. The predicted molar refractivity (Wildman–Crippen MR) is 75.1 cm³/mol. The van der Waals surface area contributed by atoms with Crippen molar-refractivity contribution >= 4 is 15.8 Å². The second-order valence-electron chi connectivity index (χ2n) is 4.26. The molecule has 0 aliphatic rings. The fraction of sp³-hybridized carbons (Fsp3) is 0.143. The molecular weight excluding hydrogens is 294 g/mol. The van der Waals surface area contributed by atoms with E-state index in [4.69, 9.17) is 9.84 Å². The van der Waals surface area contributed by atoms with Crippen molar-refractivity contribution in [3.63, 3.8) is 0 Å². The zero-order valence-corrected chi connectivity index (χ0v) is 12.0. The van der Waals surface area contributed by atoms with Crippen LogP contribution < -0.4 is 4.74 Å². The molecule has 7 heteroatoms. The minimum atomic E-state index is -3.68. The molecule has 0 aliphatic carbocycles. The molecule has 2 rings (SSSR count). The van der Waals surface area contributed by atoms with Crippen LogP contribution in [0.4, 0.5) is 0 Å². The summed E-state index contributed by atoms with van der Waals surface area (Å²) in [5, 5.41) is 8.91. The lowest BCUT2D eigenvalue weighted by molar-refractivity contribution is 0.0696. The molecule has 6 nitrogen and oxygen atoms in total. The lowest BCUT2D eigenvalue weighted by atomic mass is 10.2. The van der Waals surface area contributed by atoms with E-state index in [1.165, 1.54) is 25.3 Å². The first-order valence-electron chi connectivity index (χ1n) is 5.98. The second-order valence-corrected chi connectivity index (χ2v) is 6.25. The Bertz CT molecular complexity index is 770. The maximum absolute atomic E-state index is 12.3. The molecule has 0 radical (unpaired) electrons. The SMILES string of the molecule is COc1cccc(CS(=O)(=O)c2cccc(C(=O)O)c2)n1. The van der Waals surface area contributed by atoms with Crippen molar-refractivity contribution in [2.45, 2.75) is 10.6 Å². The monoisotopic (exact) mass is 307 g/mol. The summed E-state index contributed by atoms with van der Waals surface area (Å²) in [6.45, 7) is 0. The van der Waals surface area contributed by atoms with Crippen LogP contribution in [0.2, 0.25) is 0 Å². The van der Waals surface area contributed by atoms with Crippen LogP contribution in [0.1, 0.15) is 16.1 Å². The van der Waals surface area contributed by atoms with Crippen molar-refractivity contribution in [1.29, 1.82) is 0 Å². The van der Waals surface area contributed by atoms with Gasteiger partial charge in [0.25, 0.3) is 0 Å². The van der Waals surface area contributed by atoms with Crippen molar-refractivity contribution in [3.05, 3.63) is 53.7 Å². The molecule has 1 aromatic carbocycles. The standard InChI is InChI=1S/C14H13NO5S/c1-20-13-7-3-5-11(15-13)9-21(18,19)12-6-2-4-10(8-12)14(16)17/h2-8H,9H2,1H3,(H,16,17). The summed E-state index contributed by atoms with van der Waals surface area (Å²) in [4.78, 5) is 14.9. The molecule has 0 fully saturated rings. The van der Waals surface area contributed by atoms with Crippen LogP contribution in [0.5, 0.6) is 5.88 Å². The summed E-state index contributed by atoms with van der Waals surface area (Å²) in [6, 6.07) is 10.1. The molecule has 0 amide bonds. The highest BCUT2D eigenvalue weighted by molar-refractivity contribution is 7.90. The number of nitrogens with zero attached hydrogens (tertiary/aromatic N) is 1. The minimum Gasteiger partial charge on any atom is -0.481 e. The van der Waals surface area contributed by atoms with Gasteiger partial charge in [-0.05, 0) is 24.3 Å². The summed E-state index contributed by atoms with van der Waals surface area (Å²) in [6.07, 6.45) is 0. The minimum absolute atomic E-state index is 0.0491. The number of hydrogen-bond donors (Lipinski definition) is 1. The van der Waals surface area contributed by atoms with Gasteiger partial charge in [0.05, 0.1) is 29.0 Å². The number of carbonyl (C=O) groups is 1. The summed E-state index contributed by atoms with van der Waals surface area (Å²) in [5.41, 5.74) is 0.254. The Morgan fingerprint density at radius 3 is 2.62 bits per heavy atom. The van der Waals surface area contributed by atoms with Gasteiger partial charge in [-0.3, -0.25) is 0 Å². The predicted octanol–water partition coefficient (Wildman–Crippen LogP) is 1.76. The third-order valence-corrected chi connectivity index (χ3v) is 4.42. The lowest BCUT2D eigenvalue weighted by Gasteiger charge is -2.06. The summed E-state index contributed by atoms with van der Waals surface area (Å²) < 4.78 is 29.5. The normalized spacial score (nSPS) is 11.1. The van der Waals surface area contributed by atoms with E-state index in [0.717, 1.165) is 6.07 Å². The van der Waals surface area contributed by atoms with Gasteiger partial charge in [0.1, 0.15) is 0 Å². The molecule has 0 saturated heterocycles. The molecule has 0 saturated carbocycles. The van der Waals surface area contributed by atoms with E-state index in [0.29, 0.717) is 11.6 Å². The molecule has 0 spiro atoms. The third kappa shape index (κ3) is 3.57. The van der Waals surface area contributed by atoms with E-state index in [1.807, 2.05) is 0 Å². The number of sulfone groups is 1. The highest BCUT2D eigenvalue weighted by Crippen LogP contribution is 2.18. The first kappa shape index (κ1) is 15.0. The van der Waals surface area contributed by atoms with Crippen LogP contribution >= 0.6 is 0 Å². The van der Waals surface area contributed by atoms with E-state index in [2.05, 4.69) is 4.98 Å². The van der Waals surface area contributed by atoms with Gasteiger partial charge >= 0.3 is 5.97 Å². The number of carboxylic acid groups (broad SMARTS) is 1. The molecule has 110 valence electrons. The first-order chi connectivity index (χ1) is 9.92. The topological polar surface area (TPSA) is 93.6 Å². The van der Waals surface area contributed by atoms with Crippen LogP contribution in [-0.2, 0) is 15.6 Å². The van der Waals surface area contributed by atoms with Gasteiger partial charge in [-0.25, -0.2) is 18.2 Å². The summed E-state index contributed by atoms with van der Waals surface area (Å²) in [5.74, 6) is -1.18. The Balaban J connectivity index is 2.33. The van der Waals surface area contributed by atoms with Crippen molar-refractivity contribution in [3.8, 4) is 5.88 Å². The Hall–Kier alpha value is -2.41. The largest absolute Gasteiger partial charge is 0.481 e. The number of pyridine rings is 1. The van der Waals surface area contributed by atoms with E-state index in [1.54, 1.807) is 18.2 Å². The highest BCUT2D eigenvalue weighted by Gasteiger charge is 2.18. The molecule has 1 N–H and O–H groups in total. The fourth-order valence-corrected chi connectivity index (χ4v) is 3.06. The molecule has 0 atom stereocenters. The van der Waals surface area contributed by atoms with Crippen LogP contribution in [0.25, 0.3) is 0 Å². The van der Waals surface area contributed by atoms with Gasteiger partial charge in [-0.15, -0.1) is 0 Å². The first-order valence-corrected chi connectivity index (χ1v) is 7.63. The van der Waals surface area contributed by atoms with Crippen LogP contribution in [0.15, 0.2) is 47.4 Å². The number of methoxy groups -OCH3 is 1. The van der Waals surface area contributed by atoms with Crippen molar-refractivity contribution in [2.75, 3.05) is 7.11 Å². The van der Waals surface area contributed by atoms with E-state index >= 15 is 0 Å². The van der Waals surface area contributed by atoms with Crippen LogP contribution in [-0.4, -0.2) is 31.6 Å². The van der Waals surface area contributed by atoms with E-state index in [9.17, 15) is 13.2 Å². The number of ether oxygens (including phenoxy) is 1. The fourth-order valence-electron chi connectivity index (χ4n) is 1.75. The Morgan fingerprint density at radius 2 is 1.95 bits per heavy atom. The van der Waals surface area contributed by atoms with Gasteiger partial charge in [0.2, 0.25) is 5.88 Å². The smallest absolute Gasteiger partial charge is 0.335 e. The number of aromatic nitrogens is 1. The molecule has 0 bridgehead atoms. The van der Waals surface area contributed by atoms with E-state index in [-0.39, 0.29) is 16.2 Å². The zero-order chi connectivity index (χ0) is 15.5. The van der Waals surface area contributed by atoms with Gasteiger partial charge in [0.15, 0.2) is 9.84 Å². The van der Waals surface area contributed by atoms with Gasteiger partial charge < -0.3 is 9.84 Å². The highest BCUT2D eigenvalue weighted by atomic mass is 32.2. The number of rotatable bonds is 5.